The van der Waals surface area contributed by atoms with E-state index in [1.807, 2.05) is 32.9 Å². The highest BCUT2D eigenvalue weighted by Crippen LogP contribution is 2.25. The number of carboxylic acids is 1. The van der Waals surface area contributed by atoms with Gasteiger partial charge in [0, 0.05) is 6.20 Å². The first-order valence-electron chi connectivity index (χ1n) is 6.22. The lowest BCUT2D eigenvalue weighted by molar-refractivity contribution is 0.0692. The van der Waals surface area contributed by atoms with Crippen LogP contribution in [-0.4, -0.2) is 21.0 Å². The molecule has 5 nitrogen and oxygen atoms in total. The number of hydrogen-bond donors (Lipinski definition) is 1. The molecule has 0 saturated heterocycles. The summed E-state index contributed by atoms with van der Waals surface area (Å²) in [5.41, 5.74) is 3.64. The van der Waals surface area contributed by atoms with E-state index in [-0.39, 0.29) is 12.2 Å². The predicted molar refractivity (Wildman–Crippen MR) is 74.0 cm³/mol. The van der Waals surface area contributed by atoms with Crippen LogP contribution in [0, 0.1) is 20.8 Å². The monoisotopic (exact) mass is 272 g/mol. The summed E-state index contributed by atoms with van der Waals surface area (Å²) in [6.45, 7) is 6.06. The van der Waals surface area contributed by atoms with Gasteiger partial charge < -0.3 is 9.84 Å². The summed E-state index contributed by atoms with van der Waals surface area (Å²) in [4.78, 5) is 18.8. The van der Waals surface area contributed by atoms with Crippen LogP contribution >= 0.6 is 0 Å². The molecule has 0 atom stereocenters. The predicted octanol–water partition coefficient (Wildman–Crippen LogP) is 2.68. The van der Waals surface area contributed by atoms with Crippen molar-refractivity contribution >= 4 is 5.97 Å². The van der Waals surface area contributed by atoms with Gasteiger partial charge in [0.15, 0.2) is 0 Å². The Balaban J connectivity index is 2.24. The van der Waals surface area contributed by atoms with Crippen LogP contribution in [0.25, 0.3) is 0 Å². The first-order chi connectivity index (χ1) is 9.49. The second kappa shape index (κ2) is 5.69. The number of aryl methyl sites for hydroxylation is 3. The fraction of sp³-hybridized carbons (Fsp3) is 0.267. The summed E-state index contributed by atoms with van der Waals surface area (Å²) < 4.78 is 5.75. The number of benzene rings is 1. The molecule has 20 heavy (non-hydrogen) atoms. The Hall–Kier alpha value is -2.43. The highest BCUT2D eigenvalue weighted by molar-refractivity contribution is 5.88. The van der Waals surface area contributed by atoms with Crippen molar-refractivity contribution in [2.45, 2.75) is 27.4 Å². The highest BCUT2D eigenvalue weighted by Gasteiger charge is 2.13. The number of aromatic carboxylic acids is 1. The van der Waals surface area contributed by atoms with Crippen molar-refractivity contribution in [1.82, 2.24) is 9.97 Å². The molecule has 1 heterocycles. The molecule has 104 valence electrons. The topological polar surface area (TPSA) is 72.3 Å². The van der Waals surface area contributed by atoms with Gasteiger partial charge in [-0.25, -0.2) is 14.8 Å². The maximum absolute atomic E-state index is 11.1. The lowest BCUT2D eigenvalue weighted by Crippen LogP contribution is -2.09. The van der Waals surface area contributed by atoms with E-state index >= 15 is 0 Å². The molecule has 0 amide bonds. The zero-order valence-corrected chi connectivity index (χ0v) is 11.7. The number of nitrogens with zero attached hydrogens (tertiary/aromatic N) is 2. The van der Waals surface area contributed by atoms with Crippen molar-refractivity contribution in [2.24, 2.45) is 0 Å². The normalized spacial score (nSPS) is 10.3. The van der Waals surface area contributed by atoms with E-state index in [1.165, 1.54) is 18.1 Å². The summed E-state index contributed by atoms with van der Waals surface area (Å²) in [7, 11) is 0. The van der Waals surface area contributed by atoms with Gasteiger partial charge >= 0.3 is 5.97 Å². The number of rotatable bonds is 4. The standard InChI is InChI=1S/C15H16N2O3/c1-9-4-10(2)14(11(3)5-9)20-7-13-12(15(18)19)6-16-8-17-13/h4-6,8H,7H2,1-3H3,(H,18,19). The third-order valence-corrected chi connectivity index (χ3v) is 2.98. The molecule has 2 rings (SSSR count). The van der Waals surface area contributed by atoms with E-state index in [4.69, 9.17) is 9.84 Å². The van der Waals surface area contributed by atoms with Gasteiger partial charge in [-0.1, -0.05) is 17.7 Å². The van der Waals surface area contributed by atoms with Crippen molar-refractivity contribution in [2.75, 3.05) is 0 Å². The van der Waals surface area contributed by atoms with Gasteiger partial charge in [0.2, 0.25) is 0 Å². The smallest absolute Gasteiger partial charge is 0.339 e. The third-order valence-electron chi connectivity index (χ3n) is 2.98. The van der Waals surface area contributed by atoms with E-state index in [0.717, 1.165) is 16.9 Å². The summed E-state index contributed by atoms with van der Waals surface area (Å²) in [6, 6.07) is 4.06. The van der Waals surface area contributed by atoms with Gasteiger partial charge in [0.25, 0.3) is 0 Å². The Morgan fingerprint density at radius 1 is 1.25 bits per heavy atom. The van der Waals surface area contributed by atoms with Crippen molar-refractivity contribution < 1.29 is 14.6 Å². The summed E-state index contributed by atoms with van der Waals surface area (Å²) in [6.07, 6.45) is 2.60. The van der Waals surface area contributed by atoms with Crippen LogP contribution in [0.1, 0.15) is 32.7 Å². The maximum atomic E-state index is 11.1. The molecule has 2 aromatic rings. The Bertz CT molecular complexity index is 630. The van der Waals surface area contributed by atoms with E-state index in [2.05, 4.69) is 9.97 Å². The zero-order valence-electron chi connectivity index (χ0n) is 11.7. The van der Waals surface area contributed by atoms with Gasteiger partial charge in [-0.3, -0.25) is 0 Å². The number of carbonyl (C=O) groups is 1. The molecule has 1 N–H and O–H groups in total. The van der Waals surface area contributed by atoms with Crippen LogP contribution in [0.2, 0.25) is 0 Å². The number of ether oxygens (including phenoxy) is 1. The van der Waals surface area contributed by atoms with Gasteiger partial charge in [0.05, 0.1) is 5.69 Å². The minimum atomic E-state index is -1.05. The second-order valence-corrected chi connectivity index (χ2v) is 4.70. The van der Waals surface area contributed by atoms with E-state index < -0.39 is 5.97 Å². The molecule has 0 bridgehead atoms. The van der Waals surface area contributed by atoms with Crippen LogP contribution in [0.15, 0.2) is 24.7 Å². The van der Waals surface area contributed by atoms with Crippen molar-refractivity contribution in [3.05, 3.63) is 52.6 Å². The largest absolute Gasteiger partial charge is 0.487 e. The molecule has 1 aromatic carbocycles. The lowest BCUT2D eigenvalue weighted by Gasteiger charge is -2.13. The van der Waals surface area contributed by atoms with Crippen molar-refractivity contribution in [3.63, 3.8) is 0 Å². The minimum absolute atomic E-state index is 0.0647. The molecule has 5 heteroatoms. The summed E-state index contributed by atoms with van der Waals surface area (Å²) in [5, 5.41) is 9.07. The molecule has 0 spiro atoms. The van der Waals surface area contributed by atoms with Crippen molar-refractivity contribution in [3.8, 4) is 5.75 Å². The average molecular weight is 272 g/mol. The molecule has 0 fully saturated rings. The number of carboxylic acid groups (broad SMARTS) is 1. The lowest BCUT2D eigenvalue weighted by atomic mass is 10.1. The van der Waals surface area contributed by atoms with Crippen LogP contribution in [0.5, 0.6) is 5.75 Å². The van der Waals surface area contributed by atoms with Crippen LogP contribution in [0.3, 0.4) is 0 Å². The minimum Gasteiger partial charge on any atom is -0.487 e. The van der Waals surface area contributed by atoms with Crippen LogP contribution < -0.4 is 4.74 Å². The summed E-state index contributed by atoms with van der Waals surface area (Å²) in [5.74, 6) is -0.285. The summed E-state index contributed by atoms with van der Waals surface area (Å²) >= 11 is 0. The first kappa shape index (κ1) is 14.0. The SMILES string of the molecule is Cc1cc(C)c(OCc2ncncc2C(=O)O)c(C)c1. The maximum Gasteiger partial charge on any atom is 0.339 e. The van der Waals surface area contributed by atoms with E-state index in [9.17, 15) is 4.79 Å². The number of aromatic nitrogens is 2. The Labute approximate surface area is 117 Å². The van der Waals surface area contributed by atoms with Crippen LogP contribution in [0.4, 0.5) is 0 Å². The van der Waals surface area contributed by atoms with Crippen LogP contribution in [-0.2, 0) is 6.61 Å². The fourth-order valence-electron chi connectivity index (χ4n) is 2.18. The molecular formula is C15H16N2O3. The molecule has 0 saturated carbocycles. The molecule has 0 aliphatic rings. The average Bonchev–Trinajstić information content (AvgIpc) is 2.37. The Morgan fingerprint density at radius 2 is 1.90 bits per heavy atom. The Morgan fingerprint density at radius 3 is 2.50 bits per heavy atom. The fourth-order valence-corrected chi connectivity index (χ4v) is 2.18. The molecule has 0 radical (unpaired) electrons. The van der Waals surface area contributed by atoms with Gasteiger partial charge in [0.1, 0.15) is 24.2 Å². The molecule has 1 aromatic heterocycles. The van der Waals surface area contributed by atoms with Gasteiger partial charge in [-0.2, -0.15) is 0 Å². The van der Waals surface area contributed by atoms with Gasteiger partial charge in [-0.05, 0) is 31.9 Å². The first-order valence-corrected chi connectivity index (χ1v) is 6.22. The Kier molecular flexibility index (Phi) is 3.98. The van der Waals surface area contributed by atoms with Gasteiger partial charge in [-0.15, -0.1) is 0 Å². The molecule has 0 aliphatic heterocycles. The zero-order chi connectivity index (χ0) is 14.7. The number of hydrogen-bond acceptors (Lipinski definition) is 4. The molecule has 0 unspecified atom stereocenters. The third kappa shape index (κ3) is 2.93. The van der Waals surface area contributed by atoms with E-state index in [0.29, 0.717) is 5.69 Å². The highest BCUT2D eigenvalue weighted by atomic mass is 16.5. The molecule has 0 aliphatic carbocycles. The second-order valence-electron chi connectivity index (χ2n) is 4.70. The quantitative estimate of drug-likeness (QED) is 0.926. The van der Waals surface area contributed by atoms with E-state index in [1.54, 1.807) is 0 Å². The van der Waals surface area contributed by atoms with Crippen molar-refractivity contribution in [1.29, 1.82) is 0 Å². The molecular weight excluding hydrogens is 256 g/mol.